The van der Waals surface area contributed by atoms with Crippen molar-refractivity contribution in [3.63, 3.8) is 0 Å². The van der Waals surface area contributed by atoms with Gasteiger partial charge < -0.3 is 10.3 Å². The monoisotopic (exact) mass is 325 g/mol. The number of nitrogens with one attached hydrogen (secondary N) is 2. The van der Waals surface area contributed by atoms with Gasteiger partial charge in [0.1, 0.15) is 17.3 Å². The minimum Gasteiger partial charge on any atom is -0.348 e. The molecule has 1 atom stereocenters. The number of rotatable bonds is 3. The third kappa shape index (κ3) is 3.06. The Hall–Kier alpha value is -2.57. The Bertz CT molecular complexity index is 856. The molecule has 2 aliphatic carbocycles. The predicted octanol–water partition coefficient (Wildman–Crippen LogP) is 1.03. The van der Waals surface area contributed by atoms with E-state index in [-0.39, 0.29) is 23.2 Å². The molecule has 0 aliphatic heterocycles. The molecular weight excluding hydrogens is 306 g/mol. The summed E-state index contributed by atoms with van der Waals surface area (Å²) in [5, 5.41) is 2.99. The van der Waals surface area contributed by atoms with Gasteiger partial charge in [0.15, 0.2) is 0 Å². The molecule has 0 radical (unpaired) electrons. The lowest BCUT2D eigenvalue weighted by atomic mass is 9.92. The quantitative estimate of drug-likeness (QED) is 0.878. The van der Waals surface area contributed by atoms with Gasteiger partial charge in [-0.1, -0.05) is 0 Å². The van der Waals surface area contributed by atoms with Crippen LogP contribution < -0.4 is 10.9 Å². The van der Waals surface area contributed by atoms with Crippen LogP contribution in [0, 0.1) is 6.92 Å². The Morgan fingerprint density at radius 3 is 2.92 bits per heavy atom. The van der Waals surface area contributed by atoms with Crippen LogP contribution in [0.1, 0.15) is 58.6 Å². The van der Waals surface area contributed by atoms with Crippen molar-refractivity contribution in [1.29, 1.82) is 0 Å². The Kier molecular flexibility index (Phi) is 3.63. The Morgan fingerprint density at radius 2 is 2.12 bits per heavy atom. The van der Waals surface area contributed by atoms with Crippen LogP contribution in [0.5, 0.6) is 0 Å². The molecule has 0 saturated heterocycles. The third-order valence-electron chi connectivity index (χ3n) is 4.56. The van der Waals surface area contributed by atoms with Crippen LogP contribution >= 0.6 is 0 Å². The molecule has 0 bridgehead atoms. The lowest BCUT2D eigenvalue weighted by molar-refractivity contribution is 0.0927. The summed E-state index contributed by atoms with van der Waals surface area (Å²) in [5.74, 6) is 1.42. The molecule has 4 rings (SSSR count). The van der Waals surface area contributed by atoms with Gasteiger partial charge in [0.05, 0.1) is 0 Å². The summed E-state index contributed by atoms with van der Waals surface area (Å²) in [5.41, 5.74) is 2.08. The van der Waals surface area contributed by atoms with E-state index >= 15 is 0 Å². The number of fused-ring (bicyclic) bond motifs is 1. The average molecular weight is 325 g/mol. The first-order chi connectivity index (χ1) is 11.6. The lowest BCUT2D eigenvalue weighted by Crippen LogP contribution is -2.40. The van der Waals surface area contributed by atoms with Gasteiger partial charge in [-0.25, -0.2) is 15.0 Å². The van der Waals surface area contributed by atoms with Crippen molar-refractivity contribution in [2.75, 3.05) is 0 Å². The second-order valence-electron chi connectivity index (χ2n) is 6.59. The maximum atomic E-state index is 12.5. The van der Waals surface area contributed by atoms with Gasteiger partial charge in [-0.15, -0.1) is 0 Å². The number of carbonyl (C=O) groups excluding carboxylic acids is 1. The zero-order valence-corrected chi connectivity index (χ0v) is 13.5. The molecule has 1 amide bonds. The zero-order chi connectivity index (χ0) is 16.7. The highest BCUT2D eigenvalue weighted by Gasteiger charge is 2.28. The first-order valence-corrected chi connectivity index (χ1v) is 8.32. The summed E-state index contributed by atoms with van der Waals surface area (Å²) in [4.78, 5) is 39.9. The van der Waals surface area contributed by atoms with E-state index in [0.29, 0.717) is 18.2 Å². The fourth-order valence-corrected chi connectivity index (χ4v) is 3.13. The van der Waals surface area contributed by atoms with E-state index < -0.39 is 0 Å². The van der Waals surface area contributed by atoms with Gasteiger partial charge in [0.25, 0.3) is 11.5 Å². The first kappa shape index (κ1) is 15.0. The Balaban J connectivity index is 1.49. The van der Waals surface area contributed by atoms with Crippen molar-refractivity contribution in [2.24, 2.45) is 0 Å². The van der Waals surface area contributed by atoms with Gasteiger partial charge >= 0.3 is 0 Å². The topological polar surface area (TPSA) is 101 Å². The maximum absolute atomic E-state index is 12.5. The summed E-state index contributed by atoms with van der Waals surface area (Å²) in [7, 11) is 0. The molecule has 2 aromatic rings. The van der Waals surface area contributed by atoms with Gasteiger partial charge in [-0.3, -0.25) is 9.59 Å². The smallest absolute Gasteiger partial charge is 0.270 e. The van der Waals surface area contributed by atoms with Gasteiger partial charge in [0, 0.05) is 29.9 Å². The maximum Gasteiger partial charge on any atom is 0.270 e. The van der Waals surface area contributed by atoms with Crippen molar-refractivity contribution in [2.45, 2.75) is 51.0 Å². The van der Waals surface area contributed by atoms with Gasteiger partial charge in [0.2, 0.25) is 0 Å². The number of aromatic nitrogens is 4. The number of hydrogen-bond acceptors (Lipinski definition) is 5. The molecule has 2 heterocycles. The van der Waals surface area contributed by atoms with Gasteiger partial charge in [-0.05, 0) is 44.6 Å². The van der Waals surface area contributed by atoms with Crippen LogP contribution in [0.3, 0.4) is 0 Å². The minimum atomic E-state index is -0.288. The van der Waals surface area contributed by atoms with Crippen molar-refractivity contribution >= 4 is 5.91 Å². The van der Waals surface area contributed by atoms with E-state index in [1.807, 2.05) is 13.1 Å². The fourth-order valence-electron chi connectivity index (χ4n) is 3.13. The number of aryl methyl sites for hydroxylation is 2. The van der Waals surface area contributed by atoms with Crippen LogP contribution in [-0.4, -0.2) is 31.9 Å². The molecule has 0 aromatic carbocycles. The highest BCUT2D eigenvalue weighted by molar-refractivity contribution is 5.92. The third-order valence-corrected chi connectivity index (χ3v) is 4.56. The number of H-pyrrole nitrogens is 1. The molecular formula is C17H19N5O2. The summed E-state index contributed by atoms with van der Waals surface area (Å²) in [6.07, 6.45) is 6.24. The average Bonchev–Trinajstić information content (AvgIpc) is 3.39. The summed E-state index contributed by atoms with van der Waals surface area (Å²) >= 11 is 0. The van der Waals surface area contributed by atoms with Crippen LogP contribution in [-0.2, 0) is 12.8 Å². The zero-order valence-electron chi connectivity index (χ0n) is 13.5. The molecule has 2 aliphatic rings. The van der Waals surface area contributed by atoms with Crippen LogP contribution in [0.25, 0.3) is 0 Å². The van der Waals surface area contributed by atoms with Crippen molar-refractivity contribution < 1.29 is 4.79 Å². The number of hydrogen-bond donors (Lipinski definition) is 2. The molecule has 7 heteroatoms. The Morgan fingerprint density at radius 1 is 1.29 bits per heavy atom. The highest BCUT2D eigenvalue weighted by atomic mass is 16.2. The van der Waals surface area contributed by atoms with Crippen LogP contribution in [0.2, 0.25) is 0 Å². The number of aromatic amines is 1. The van der Waals surface area contributed by atoms with Crippen molar-refractivity contribution in [1.82, 2.24) is 25.3 Å². The summed E-state index contributed by atoms with van der Waals surface area (Å²) in [6, 6.07) is 1.28. The molecule has 7 nitrogen and oxygen atoms in total. The van der Waals surface area contributed by atoms with E-state index in [9.17, 15) is 9.59 Å². The largest absolute Gasteiger partial charge is 0.348 e. The Labute approximate surface area is 139 Å². The second kappa shape index (κ2) is 5.81. The number of amides is 1. The SMILES string of the molecule is Cc1ncc2c(n1)CCC(NC(=O)c1cc(=O)[nH]c(C3CC3)n1)C2. The number of carbonyl (C=O) groups is 1. The van der Waals surface area contributed by atoms with Crippen molar-refractivity contribution in [3.8, 4) is 0 Å². The molecule has 1 fully saturated rings. The summed E-state index contributed by atoms with van der Waals surface area (Å²) in [6.45, 7) is 1.88. The van der Waals surface area contributed by atoms with E-state index in [1.165, 1.54) is 6.07 Å². The van der Waals surface area contributed by atoms with Crippen LogP contribution in [0.4, 0.5) is 0 Å². The lowest BCUT2D eigenvalue weighted by Gasteiger charge is -2.24. The second-order valence-corrected chi connectivity index (χ2v) is 6.59. The molecule has 1 saturated carbocycles. The predicted molar refractivity (Wildman–Crippen MR) is 86.9 cm³/mol. The standard InChI is InChI=1S/C17H19N5O2/c1-9-18-8-11-6-12(4-5-13(11)19-9)20-17(24)14-7-15(23)22-16(21-14)10-2-3-10/h7-8,10,12H,2-6H2,1H3,(H,20,24)(H,21,22,23). The molecule has 1 unspecified atom stereocenters. The molecule has 2 N–H and O–H groups in total. The molecule has 2 aromatic heterocycles. The molecule has 0 spiro atoms. The highest BCUT2D eigenvalue weighted by Crippen LogP contribution is 2.37. The number of nitrogens with zero attached hydrogens (tertiary/aromatic N) is 3. The molecule has 124 valence electrons. The van der Waals surface area contributed by atoms with Crippen LogP contribution in [0.15, 0.2) is 17.1 Å². The van der Waals surface area contributed by atoms with Crippen molar-refractivity contribution in [3.05, 3.63) is 51.2 Å². The molecule has 24 heavy (non-hydrogen) atoms. The van der Waals surface area contributed by atoms with E-state index in [0.717, 1.165) is 42.8 Å². The van der Waals surface area contributed by atoms with E-state index in [2.05, 4.69) is 25.3 Å². The fraction of sp³-hybridized carbons (Fsp3) is 0.471. The van der Waals surface area contributed by atoms with E-state index in [4.69, 9.17) is 0 Å². The summed E-state index contributed by atoms with van der Waals surface area (Å²) < 4.78 is 0. The minimum absolute atomic E-state index is 0.0155. The van der Waals surface area contributed by atoms with Gasteiger partial charge in [-0.2, -0.15) is 0 Å². The normalized spacial score (nSPS) is 19.6. The van der Waals surface area contributed by atoms with E-state index in [1.54, 1.807) is 0 Å². The first-order valence-electron chi connectivity index (χ1n) is 8.32.